The first-order valence-corrected chi connectivity index (χ1v) is 9.27. The van der Waals surface area contributed by atoms with Gasteiger partial charge in [-0.3, -0.25) is 9.59 Å². The Hall–Kier alpha value is -1.76. The van der Waals surface area contributed by atoms with Crippen LogP contribution in [-0.2, 0) is 19.4 Å². The molecule has 1 unspecified atom stereocenters. The third-order valence-electron chi connectivity index (χ3n) is 5.15. The van der Waals surface area contributed by atoms with Gasteiger partial charge in [0.25, 0.3) is 0 Å². The van der Waals surface area contributed by atoms with Crippen LogP contribution in [0.25, 0.3) is 0 Å². The second-order valence-corrected chi connectivity index (χ2v) is 7.00. The van der Waals surface area contributed by atoms with Gasteiger partial charge in [0, 0.05) is 24.0 Å². The smallest absolute Gasteiger partial charge is 0.179 e. The molecule has 27 heavy (non-hydrogen) atoms. The number of aromatic nitrogens is 1. The molecule has 0 aliphatic heterocycles. The lowest BCUT2D eigenvalue weighted by Crippen LogP contribution is -3.00. The van der Waals surface area contributed by atoms with Crippen LogP contribution in [0.3, 0.4) is 0 Å². The molecule has 5 heteroatoms. The number of benzene rings is 1. The van der Waals surface area contributed by atoms with E-state index < -0.39 is 0 Å². The van der Waals surface area contributed by atoms with Crippen molar-refractivity contribution in [2.24, 2.45) is 5.92 Å². The minimum absolute atomic E-state index is 0. The first-order valence-electron chi connectivity index (χ1n) is 9.27. The second-order valence-electron chi connectivity index (χ2n) is 7.00. The highest BCUT2D eigenvalue weighted by Crippen LogP contribution is 2.31. The van der Waals surface area contributed by atoms with Gasteiger partial charge in [0.15, 0.2) is 24.0 Å². The van der Waals surface area contributed by atoms with Crippen LogP contribution in [0.5, 0.6) is 5.75 Å². The Bertz CT molecular complexity index is 847. The molecule has 0 N–H and O–H groups in total. The predicted octanol–water partition coefficient (Wildman–Crippen LogP) is 0.587. The van der Waals surface area contributed by atoms with Crippen LogP contribution < -0.4 is 33.3 Å². The van der Waals surface area contributed by atoms with Crippen LogP contribution in [0.4, 0.5) is 0 Å². The number of Topliss-reactive ketones (excluding diaryl/α,β-unsaturated/α-hetero) is 2. The summed E-state index contributed by atoms with van der Waals surface area (Å²) in [6, 6.07) is 7.68. The van der Waals surface area contributed by atoms with Gasteiger partial charge in [-0.2, -0.15) is 0 Å². The summed E-state index contributed by atoms with van der Waals surface area (Å²) in [5, 5.41) is 0. The fraction of sp³-hybridized carbons (Fsp3) is 0.409. The highest BCUT2D eigenvalue weighted by atomic mass is 127. The highest BCUT2D eigenvalue weighted by molar-refractivity contribution is 6.01. The number of carbonyl (C=O) groups excluding carboxylic acids is 2. The van der Waals surface area contributed by atoms with Crippen molar-refractivity contribution in [1.29, 1.82) is 0 Å². The van der Waals surface area contributed by atoms with E-state index in [0.717, 1.165) is 53.8 Å². The average molecular weight is 479 g/mol. The van der Waals surface area contributed by atoms with Crippen molar-refractivity contribution >= 4 is 11.6 Å². The molecule has 0 bridgehead atoms. The van der Waals surface area contributed by atoms with Gasteiger partial charge < -0.3 is 28.7 Å². The van der Waals surface area contributed by atoms with Gasteiger partial charge in [-0.1, -0.05) is 6.92 Å². The van der Waals surface area contributed by atoms with Gasteiger partial charge in [-0.15, -0.1) is 0 Å². The van der Waals surface area contributed by atoms with Crippen molar-refractivity contribution in [1.82, 2.24) is 0 Å². The highest BCUT2D eigenvalue weighted by Gasteiger charge is 2.29. The van der Waals surface area contributed by atoms with Crippen LogP contribution in [0.15, 0.2) is 36.7 Å². The van der Waals surface area contributed by atoms with E-state index in [9.17, 15) is 9.59 Å². The molecule has 1 atom stereocenters. The summed E-state index contributed by atoms with van der Waals surface area (Å²) in [4.78, 5) is 25.0. The zero-order valence-electron chi connectivity index (χ0n) is 16.1. The van der Waals surface area contributed by atoms with E-state index in [4.69, 9.17) is 4.74 Å². The number of aryl methyl sites for hydroxylation is 2. The number of ketones is 2. The number of halogens is 1. The first-order chi connectivity index (χ1) is 12.5. The maximum atomic E-state index is 12.9. The molecule has 0 radical (unpaired) electrons. The Morgan fingerprint density at radius 3 is 2.74 bits per heavy atom. The molecular formula is C22H26INO3. The van der Waals surface area contributed by atoms with Crippen molar-refractivity contribution in [3.63, 3.8) is 0 Å². The monoisotopic (exact) mass is 479 g/mol. The third kappa shape index (κ3) is 4.75. The van der Waals surface area contributed by atoms with E-state index in [1.165, 1.54) is 0 Å². The molecule has 0 fully saturated rings. The fourth-order valence-corrected chi connectivity index (χ4v) is 3.74. The molecule has 144 valence electrons. The van der Waals surface area contributed by atoms with Crippen LogP contribution in [0, 0.1) is 5.92 Å². The molecular weight excluding hydrogens is 453 g/mol. The first kappa shape index (κ1) is 21.5. The van der Waals surface area contributed by atoms with E-state index in [1.807, 2.05) is 41.2 Å². The molecule has 1 aromatic carbocycles. The lowest BCUT2D eigenvalue weighted by atomic mass is 9.79. The van der Waals surface area contributed by atoms with E-state index in [2.05, 4.69) is 6.92 Å². The van der Waals surface area contributed by atoms with Gasteiger partial charge in [-0.25, -0.2) is 4.57 Å². The molecule has 1 aliphatic carbocycles. The minimum atomic E-state index is -0.0731. The van der Waals surface area contributed by atoms with Gasteiger partial charge in [0.1, 0.15) is 12.3 Å². The largest absolute Gasteiger partial charge is 1.00 e. The Morgan fingerprint density at radius 1 is 1.30 bits per heavy atom. The maximum Gasteiger partial charge on any atom is 0.179 e. The molecule has 1 heterocycles. The minimum Gasteiger partial charge on any atom is -1.00 e. The SMILES string of the molecule is CCC[n+]1ccc(CC2CCc3cc(OC)ccc3C2=O)c(C(C)=O)c1.[I-]. The molecule has 1 aliphatic rings. The summed E-state index contributed by atoms with van der Waals surface area (Å²) in [7, 11) is 1.64. The van der Waals surface area contributed by atoms with E-state index in [1.54, 1.807) is 14.0 Å². The van der Waals surface area contributed by atoms with Gasteiger partial charge in [0.2, 0.25) is 0 Å². The van der Waals surface area contributed by atoms with Crippen LogP contribution in [-0.4, -0.2) is 18.7 Å². The lowest BCUT2D eigenvalue weighted by molar-refractivity contribution is -0.697. The standard InChI is InChI=1S/C22H26NO3.HI/c1-4-10-23-11-9-17(21(14-23)15(2)24)12-18-6-5-16-13-19(26-3)7-8-20(16)22(18)25;/h7-9,11,13-14,18H,4-6,10,12H2,1-3H3;1H/q+1;/p-1. The zero-order chi connectivity index (χ0) is 18.7. The summed E-state index contributed by atoms with van der Waals surface area (Å²) in [6.07, 6.45) is 7.24. The van der Waals surface area contributed by atoms with Gasteiger partial charge in [0.05, 0.1) is 12.7 Å². The number of hydrogen-bond acceptors (Lipinski definition) is 3. The quantitative estimate of drug-likeness (QED) is 0.346. The Kier molecular flexibility index (Phi) is 7.53. The average Bonchev–Trinajstić information content (AvgIpc) is 2.64. The van der Waals surface area contributed by atoms with Crippen molar-refractivity contribution in [2.45, 2.75) is 46.1 Å². The van der Waals surface area contributed by atoms with Crippen LogP contribution in [0.1, 0.15) is 58.5 Å². The van der Waals surface area contributed by atoms with Crippen molar-refractivity contribution < 1.29 is 42.9 Å². The molecule has 3 rings (SSSR count). The molecule has 0 spiro atoms. The molecule has 4 nitrogen and oxygen atoms in total. The summed E-state index contributed by atoms with van der Waals surface area (Å²) in [5.74, 6) is 0.945. The molecule has 0 saturated heterocycles. The Morgan fingerprint density at radius 2 is 2.07 bits per heavy atom. The number of nitrogens with zero attached hydrogens (tertiary/aromatic N) is 1. The molecule has 2 aromatic rings. The van der Waals surface area contributed by atoms with Crippen molar-refractivity contribution in [3.8, 4) is 5.75 Å². The summed E-state index contributed by atoms with van der Waals surface area (Å²) in [5.41, 5.74) is 3.56. The topological polar surface area (TPSA) is 47.2 Å². The fourth-order valence-electron chi connectivity index (χ4n) is 3.74. The van der Waals surface area contributed by atoms with E-state index in [0.29, 0.717) is 6.42 Å². The van der Waals surface area contributed by atoms with E-state index >= 15 is 0 Å². The van der Waals surface area contributed by atoms with Crippen LogP contribution >= 0.6 is 0 Å². The number of ether oxygens (including phenoxy) is 1. The van der Waals surface area contributed by atoms with E-state index in [-0.39, 0.29) is 41.5 Å². The molecule has 0 amide bonds. The van der Waals surface area contributed by atoms with Crippen LogP contribution in [0.2, 0.25) is 0 Å². The Labute approximate surface area is 178 Å². The lowest BCUT2D eigenvalue weighted by Gasteiger charge is -2.24. The third-order valence-corrected chi connectivity index (χ3v) is 5.15. The number of pyridine rings is 1. The number of hydrogen-bond donors (Lipinski definition) is 0. The van der Waals surface area contributed by atoms with Gasteiger partial charge in [-0.05, 0) is 55.5 Å². The number of methoxy groups -OCH3 is 1. The normalized spacial score (nSPS) is 15.7. The molecule has 0 saturated carbocycles. The maximum absolute atomic E-state index is 12.9. The second kappa shape index (κ2) is 9.44. The van der Waals surface area contributed by atoms with Crippen molar-refractivity contribution in [3.05, 3.63) is 58.9 Å². The summed E-state index contributed by atoms with van der Waals surface area (Å²) >= 11 is 0. The Balaban J connectivity index is 0.00000261. The number of carbonyl (C=O) groups is 2. The summed E-state index contributed by atoms with van der Waals surface area (Å²) in [6.45, 7) is 4.60. The van der Waals surface area contributed by atoms with Gasteiger partial charge >= 0.3 is 0 Å². The molecule has 1 aromatic heterocycles. The number of rotatable bonds is 6. The predicted molar refractivity (Wildman–Crippen MR) is 99.8 cm³/mol. The zero-order valence-corrected chi connectivity index (χ0v) is 18.3. The van der Waals surface area contributed by atoms with Crippen molar-refractivity contribution in [2.75, 3.05) is 7.11 Å². The summed E-state index contributed by atoms with van der Waals surface area (Å²) < 4.78 is 7.31. The number of fused-ring (bicyclic) bond motifs is 1.